The molecule has 0 amide bonds. The molecule has 0 saturated heterocycles. The Labute approximate surface area is 90.3 Å². The maximum atomic E-state index is 9.56. The number of methoxy groups -OCH3 is 1. The zero-order valence-corrected chi connectivity index (χ0v) is 9.17. The van der Waals surface area contributed by atoms with Crippen molar-refractivity contribution in [2.45, 2.75) is 19.4 Å². The maximum absolute atomic E-state index is 9.56. The van der Waals surface area contributed by atoms with Gasteiger partial charge in [0.05, 0.1) is 7.11 Å². The summed E-state index contributed by atoms with van der Waals surface area (Å²) < 4.78 is 4.96. The minimum Gasteiger partial charge on any atom is -0.507 e. The van der Waals surface area contributed by atoms with Crippen LogP contribution in [0.1, 0.15) is 24.9 Å². The number of nitrogens with two attached hydrogens (primary N) is 1. The van der Waals surface area contributed by atoms with Crippen molar-refractivity contribution in [1.29, 1.82) is 0 Å². The molecule has 0 aliphatic carbocycles. The van der Waals surface area contributed by atoms with Crippen LogP contribution in [0.4, 0.5) is 0 Å². The van der Waals surface area contributed by atoms with E-state index in [0.29, 0.717) is 5.75 Å². The fourth-order valence-corrected chi connectivity index (χ4v) is 1.18. The number of hydrogen-bond donors (Lipinski definition) is 2. The zero-order chi connectivity index (χ0) is 9.84. The molecule has 80 valence electrons. The third-order valence-electron chi connectivity index (χ3n) is 2.08. The lowest BCUT2D eigenvalue weighted by Gasteiger charge is -2.11. The summed E-state index contributed by atoms with van der Waals surface area (Å²) in [5.41, 5.74) is 6.55. The molecule has 4 heteroatoms. The van der Waals surface area contributed by atoms with Gasteiger partial charge in [0.25, 0.3) is 0 Å². The van der Waals surface area contributed by atoms with Gasteiger partial charge in [0, 0.05) is 17.7 Å². The first-order valence-electron chi connectivity index (χ1n) is 4.31. The van der Waals surface area contributed by atoms with Gasteiger partial charge in [0.2, 0.25) is 0 Å². The normalized spacial score (nSPS) is 11.6. The van der Waals surface area contributed by atoms with Crippen molar-refractivity contribution in [2.24, 2.45) is 5.73 Å². The number of benzene rings is 1. The van der Waals surface area contributed by atoms with Gasteiger partial charge in [0.1, 0.15) is 11.5 Å². The van der Waals surface area contributed by atoms with Crippen LogP contribution in [0.2, 0.25) is 0 Å². The quantitative estimate of drug-likeness (QED) is 0.817. The van der Waals surface area contributed by atoms with Crippen molar-refractivity contribution in [1.82, 2.24) is 0 Å². The minimum atomic E-state index is -0.106. The molecule has 0 aliphatic heterocycles. The Kier molecular flexibility index (Phi) is 5.35. The van der Waals surface area contributed by atoms with Gasteiger partial charge in [-0.3, -0.25) is 0 Å². The lowest BCUT2D eigenvalue weighted by molar-refractivity contribution is 0.405. The average molecular weight is 218 g/mol. The van der Waals surface area contributed by atoms with Gasteiger partial charge in [-0.1, -0.05) is 13.0 Å². The second-order valence-corrected chi connectivity index (χ2v) is 2.94. The summed E-state index contributed by atoms with van der Waals surface area (Å²) in [7, 11) is 1.56. The van der Waals surface area contributed by atoms with E-state index in [1.165, 1.54) is 0 Å². The molecule has 1 rings (SSSR count). The molecule has 0 aliphatic rings. The van der Waals surface area contributed by atoms with Crippen LogP contribution in [-0.4, -0.2) is 12.2 Å². The summed E-state index contributed by atoms with van der Waals surface area (Å²) in [5.74, 6) is 0.846. The number of ether oxygens (including phenoxy) is 1. The first kappa shape index (κ1) is 13.1. The maximum Gasteiger partial charge on any atom is 0.124 e. The highest BCUT2D eigenvalue weighted by atomic mass is 35.5. The molecule has 1 unspecified atom stereocenters. The summed E-state index contributed by atoms with van der Waals surface area (Å²) in [6, 6.07) is 5.06. The SMILES string of the molecule is CCC(N)c1ccc(OC)cc1O.Cl. The topological polar surface area (TPSA) is 55.5 Å². The average Bonchev–Trinajstić information content (AvgIpc) is 2.16. The van der Waals surface area contributed by atoms with E-state index in [1.807, 2.05) is 6.92 Å². The van der Waals surface area contributed by atoms with E-state index in [-0.39, 0.29) is 24.2 Å². The van der Waals surface area contributed by atoms with Crippen LogP contribution in [0, 0.1) is 0 Å². The van der Waals surface area contributed by atoms with E-state index in [9.17, 15) is 5.11 Å². The Morgan fingerprint density at radius 3 is 2.57 bits per heavy atom. The summed E-state index contributed by atoms with van der Waals surface area (Å²) in [4.78, 5) is 0. The Hall–Kier alpha value is -0.930. The van der Waals surface area contributed by atoms with Crippen LogP contribution in [0.25, 0.3) is 0 Å². The monoisotopic (exact) mass is 217 g/mol. The molecule has 14 heavy (non-hydrogen) atoms. The van der Waals surface area contributed by atoms with E-state index in [4.69, 9.17) is 10.5 Å². The number of halogens is 1. The molecule has 1 aromatic rings. The number of hydrogen-bond acceptors (Lipinski definition) is 3. The highest BCUT2D eigenvalue weighted by Gasteiger charge is 2.09. The van der Waals surface area contributed by atoms with Gasteiger partial charge in [-0.2, -0.15) is 0 Å². The number of rotatable bonds is 3. The number of phenolic OH excluding ortho intramolecular Hbond substituents is 1. The highest BCUT2D eigenvalue weighted by Crippen LogP contribution is 2.28. The molecule has 3 nitrogen and oxygen atoms in total. The third kappa shape index (κ3) is 2.79. The molecule has 3 N–H and O–H groups in total. The van der Waals surface area contributed by atoms with Crippen molar-refractivity contribution < 1.29 is 9.84 Å². The van der Waals surface area contributed by atoms with E-state index in [2.05, 4.69) is 0 Å². The van der Waals surface area contributed by atoms with Crippen molar-refractivity contribution in [2.75, 3.05) is 7.11 Å². The molecule has 1 atom stereocenters. The number of phenols is 1. The molecule has 1 aromatic carbocycles. The fraction of sp³-hybridized carbons (Fsp3) is 0.400. The largest absolute Gasteiger partial charge is 0.507 e. The zero-order valence-electron chi connectivity index (χ0n) is 8.36. The van der Waals surface area contributed by atoms with Crippen molar-refractivity contribution in [3.63, 3.8) is 0 Å². The molecular formula is C10H16ClNO2. The van der Waals surface area contributed by atoms with Crippen LogP contribution in [-0.2, 0) is 0 Å². The van der Waals surface area contributed by atoms with Gasteiger partial charge in [-0.05, 0) is 12.5 Å². The van der Waals surface area contributed by atoms with Crippen molar-refractivity contribution >= 4 is 12.4 Å². The lowest BCUT2D eigenvalue weighted by atomic mass is 10.0. The Morgan fingerprint density at radius 1 is 1.50 bits per heavy atom. The van der Waals surface area contributed by atoms with Gasteiger partial charge in [-0.15, -0.1) is 12.4 Å². The standard InChI is InChI=1S/C10H15NO2.ClH/c1-3-9(11)8-5-4-7(13-2)6-10(8)12;/h4-6,9,12H,3,11H2,1-2H3;1H. The van der Waals surface area contributed by atoms with Gasteiger partial charge >= 0.3 is 0 Å². The highest BCUT2D eigenvalue weighted by molar-refractivity contribution is 5.85. The van der Waals surface area contributed by atoms with Crippen LogP contribution in [0.15, 0.2) is 18.2 Å². The molecule has 0 aromatic heterocycles. The Balaban J connectivity index is 0.00000169. The van der Waals surface area contributed by atoms with Crippen LogP contribution in [0.5, 0.6) is 11.5 Å². The van der Waals surface area contributed by atoms with E-state index < -0.39 is 0 Å². The van der Waals surface area contributed by atoms with Gasteiger partial charge < -0.3 is 15.6 Å². The number of aromatic hydroxyl groups is 1. The van der Waals surface area contributed by atoms with E-state index in [0.717, 1.165) is 12.0 Å². The molecule has 0 spiro atoms. The first-order chi connectivity index (χ1) is 6.19. The third-order valence-corrected chi connectivity index (χ3v) is 2.08. The van der Waals surface area contributed by atoms with Crippen molar-refractivity contribution in [3.8, 4) is 11.5 Å². The van der Waals surface area contributed by atoms with E-state index in [1.54, 1.807) is 25.3 Å². The molecule has 0 saturated carbocycles. The molecular weight excluding hydrogens is 202 g/mol. The second kappa shape index (κ2) is 5.73. The fourth-order valence-electron chi connectivity index (χ4n) is 1.18. The molecule has 0 radical (unpaired) electrons. The molecule has 0 heterocycles. The van der Waals surface area contributed by atoms with Crippen molar-refractivity contribution in [3.05, 3.63) is 23.8 Å². The van der Waals surface area contributed by atoms with Gasteiger partial charge in [0.15, 0.2) is 0 Å². The van der Waals surface area contributed by atoms with Crippen LogP contribution < -0.4 is 10.5 Å². The lowest BCUT2D eigenvalue weighted by Crippen LogP contribution is -2.08. The second-order valence-electron chi connectivity index (χ2n) is 2.94. The first-order valence-corrected chi connectivity index (χ1v) is 4.31. The Morgan fingerprint density at radius 2 is 2.14 bits per heavy atom. The summed E-state index contributed by atoms with van der Waals surface area (Å²) in [5, 5.41) is 9.56. The Bertz CT molecular complexity index is 291. The minimum absolute atomic E-state index is 0. The summed E-state index contributed by atoms with van der Waals surface area (Å²) in [6.45, 7) is 1.98. The van der Waals surface area contributed by atoms with E-state index >= 15 is 0 Å². The summed E-state index contributed by atoms with van der Waals surface area (Å²) in [6.07, 6.45) is 0.805. The van der Waals surface area contributed by atoms with Crippen LogP contribution >= 0.6 is 12.4 Å². The molecule has 0 bridgehead atoms. The predicted molar refractivity (Wildman–Crippen MR) is 59.1 cm³/mol. The van der Waals surface area contributed by atoms with Crippen LogP contribution in [0.3, 0.4) is 0 Å². The summed E-state index contributed by atoms with van der Waals surface area (Å²) >= 11 is 0. The molecule has 0 fully saturated rings. The van der Waals surface area contributed by atoms with Gasteiger partial charge in [-0.25, -0.2) is 0 Å². The smallest absolute Gasteiger partial charge is 0.124 e. The predicted octanol–water partition coefficient (Wildman–Crippen LogP) is 2.23.